The first-order valence-electron chi connectivity index (χ1n) is 7.09. The molecule has 0 amide bonds. The molecule has 1 saturated heterocycles. The zero-order valence-corrected chi connectivity index (χ0v) is 11.3. The normalized spacial score (nSPS) is 18.6. The standard InChI is InChI=1S/C16H18FNO2/c17-13-5-3-12(4-6-13)16-8-7-15(20-16)11-18-10-14-2-1-9-19-14/h3-8,14,18H,1-2,9-11H2/p+1/t14-/m1/s1. The molecule has 1 fully saturated rings. The zero-order valence-electron chi connectivity index (χ0n) is 11.3. The number of hydrogen-bond donors (Lipinski definition) is 1. The van der Waals surface area contributed by atoms with E-state index in [1.807, 2.05) is 12.1 Å². The highest BCUT2D eigenvalue weighted by atomic mass is 19.1. The summed E-state index contributed by atoms with van der Waals surface area (Å²) in [6.45, 7) is 2.68. The molecule has 20 heavy (non-hydrogen) atoms. The van der Waals surface area contributed by atoms with Gasteiger partial charge in [-0.15, -0.1) is 0 Å². The number of halogens is 1. The summed E-state index contributed by atoms with van der Waals surface area (Å²) in [5, 5.41) is 2.21. The van der Waals surface area contributed by atoms with E-state index in [0.29, 0.717) is 6.10 Å². The second-order valence-electron chi connectivity index (χ2n) is 5.14. The van der Waals surface area contributed by atoms with Gasteiger partial charge < -0.3 is 14.5 Å². The lowest BCUT2D eigenvalue weighted by molar-refractivity contribution is -0.677. The van der Waals surface area contributed by atoms with Crippen molar-refractivity contribution in [1.29, 1.82) is 0 Å². The third-order valence-electron chi connectivity index (χ3n) is 3.59. The Bertz CT molecular complexity index is 544. The smallest absolute Gasteiger partial charge is 0.158 e. The number of nitrogens with two attached hydrogens (primary N) is 1. The molecule has 2 aromatic rings. The van der Waals surface area contributed by atoms with Gasteiger partial charge in [0.15, 0.2) is 5.76 Å². The van der Waals surface area contributed by atoms with Crippen LogP contribution in [0.25, 0.3) is 11.3 Å². The maximum atomic E-state index is 12.9. The highest BCUT2D eigenvalue weighted by Gasteiger charge is 2.17. The summed E-state index contributed by atoms with van der Waals surface area (Å²) in [4.78, 5) is 0. The topological polar surface area (TPSA) is 39.0 Å². The summed E-state index contributed by atoms with van der Waals surface area (Å²) in [5.41, 5.74) is 0.900. The van der Waals surface area contributed by atoms with Gasteiger partial charge in [-0.2, -0.15) is 0 Å². The summed E-state index contributed by atoms with van der Waals surface area (Å²) in [6.07, 6.45) is 2.73. The van der Waals surface area contributed by atoms with Crippen molar-refractivity contribution in [2.24, 2.45) is 0 Å². The van der Waals surface area contributed by atoms with Gasteiger partial charge in [0, 0.05) is 12.2 Å². The Balaban J connectivity index is 1.55. The van der Waals surface area contributed by atoms with Crippen molar-refractivity contribution in [2.75, 3.05) is 13.2 Å². The van der Waals surface area contributed by atoms with Crippen molar-refractivity contribution in [2.45, 2.75) is 25.5 Å². The van der Waals surface area contributed by atoms with E-state index in [1.54, 1.807) is 12.1 Å². The number of hydrogen-bond acceptors (Lipinski definition) is 2. The molecule has 2 N–H and O–H groups in total. The lowest BCUT2D eigenvalue weighted by Gasteiger charge is -2.06. The van der Waals surface area contributed by atoms with Crippen molar-refractivity contribution in [1.82, 2.24) is 0 Å². The largest absolute Gasteiger partial charge is 0.455 e. The molecule has 3 rings (SSSR count). The van der Waals surface area contributed by atoms with Crippen LogP contribution in [0, 0.1) is 5.82 Å². The van der Waals surface area contributed by atoms with Gasteiger partial charge in [0.2, 0.25) is 0 Å². The monoisotopic (exact) mass is 276 g/mol. The van der Waals surface area contributed by atoms with E-state index in [0.717, 1.165) is 43.2 Å². The van der Waals surface area contributed by atoms with Crippen LogP contribution in [0.1, 0.15) is 18.6 Å². The number of ether oxygens (including phenoxy) is 1. The molecule has 3 nitrogen and oxygen atoms in total. The van der Waals surface area contributed by atoms with E-state index in [-0.39, 0.29) is 5.82 Å². The van der Waals surface area contributed by atoms with Gasteiger partial charge in [0.1, 0.15) is 30.8 Å². The van der Waals surface area contributed by atoms with Crippen molar-refractivity contribution in [3.05, 3.63) is 48.0 Å². The van der Waals surface area contributed by atoms with Crippen LogP contribution in [0.2, 0.25) is 0 Å². The first-order valence-corrected chi connectivity index (χ1v) is 7.09. The van der Waals surface area contributed by atoms with Crippen molar-refractivity contribution < 1.29 is 18.9 Å². The van der Waals surface area contributed by atoms with E-state index in [9.17, 15) is 4.39 Å². The fourth-order valence-corrected chi connectivity index (χ4v) is 2.50. The van der Waals surface area contributed by atoms with Gasteiger partial charge >= 0.3 is 0 Å². The Morgan fingerprint density at radius 3 is 2.75 bits per heavy atom. The van der Waals surface area contributed by atoms with Gasteiger partial charge in [-0.1, -0.05) is 0 Å². The molecule has 2 heterocycles. The fourth-order valence-electron chi connectivity index (χ4n) is 2.50. The number of furan rings is 1. The first-order chi connectivity index (χ1) is 9.81. The summed E-state index contributed by atoms with van der Waals surface area (Å²) < 4.78 is 24.2. The molecule has 1 aromatic heterocycles. The molecule has 1 aliphatic heterocycles. The SMILES string of the molecule is Fc1ccc(-c2ccc(C[NH2+]C[C@H]3CCCO3)o2)cc1. The highest BCUT2D eigenvalue weighted by molar-refractivity contribution is 5.57. The van der Waals surface area contributed by atoms with Crippen LogP contribution in [0.4, 0.5) is 4.39 Å². The maximum Gasteiger partial charge on any atom is 0.158 e. The van der Waals surface area contributed by atoms with Crippen molar-refractivity contribution in [3.63, 3.8) is 0 Å². The van der Waals surface area contributed by atoms with Crippen molar-refractivity contribution in [3.8, 4) is 11.3 Å². The third-order valence-corrected chi connectivity index (χ3v) is 3.59. The molecule has 4 heteroatoms. The number of quaternary nitrogens is 1. The summed E-state index contributed by atoms with van der Waals surface area (Å²) >= 11 is 0. The van der Waals surface area contributed by atoms with Gasteiger partial charge in [-0.05, 0) is 49.2 Å². The Morgan fingerprint density at radius 2 is 2.00 bits per heavy atom. The molecule has 0 radical (unpaired) electrons. The van der Waals surface area contributed by atoms with Gasteiger partial charge in [0.05, 0.1) is 0 Å². The number of benzene rings is 1. The predicted octanol–water partition coefficient (Wildman–Crippen LogP) is 2.33. The minimum atomic E-state index is -0.231. The van der Waals surface area contributed by atoms with E-state index in [1.165, 1.54) is 18.6 Å². The van der Waals surface area contributed by atoms with E-state index in [4.69, 9.17) is 9.15 Å². The molecule has 1 atom stereocenters. The predicted molar refractivity (Wildman–Crippen MR) is 73.6 cm³/mol. The van der Waals surface area contributed by atoms with Crippen LogP contribution in [0.5, 0.6) is 0 Å². The van der Waals surface area contributed by atoms with E-state index < -0.39 is 0 Å². The molecule has 0 unspecified atom stereocenters. The van der Waals surface area contributed by atoms with Gasteiger partial charge in [-0.3, -0.25) is 0 Å². The zero-order chi connectivity index (χ0) is 13.8. The van der Waals surface area contributed by atoms with Gasteiger partial charge in [-0.25, -0.2) is 4.39 Å². The summed E-state index contributed by atoms with van der Waals surface area (Å²) in [5.74, 6) is 1.48. The lowest BCUT2D eigenvalue weighted by Crippen LogP contribution is -2.84. The molecule has 0 saturated carbocycles. The van der Waals surface area contributed by atoms with Crippen LogP contribution >= 0.6 is 0 Å². The molecule has 1 aromatic carbocycles. The second-order valence-corrected chi connectivity index (χ2v) is 5.14. The Labute approximate surface area is 117 Å². The van der Waals surface area contributed by atoms with Crippen LogP contribution in [0.15, 0.2) is 40.8 Å². The molecular weight excluding hydrogens is 257 g/mol. The van der Waals surface area contributed by atoms with E-state index >= 15 is 0 Å². The Hall–Kier alpha value is -1.65. The summed E-state index contributed by atoms with van der Waals surface area (Å²) in [6, 6.07) is 10.3. The molecule has 0 bridgehead atoms. The third kappa shape index (κ3) is 3.26. The Kier molecular flexibility index (Phi) is 4.14. The quantitative estimate of drug-likeness (QED) is 0.910. The second kappa shape index (κ2) is 6.20. The van der Waals surface area contributed by atoms with Crippen LogP contribution in [-0.2, 0) is 11.3 Å². The molecule has 1 aliphatic rings. The fraction of sp³-hybridized carbons (Fsp3) is 0.375. The van der Waals surface area contributed by atoms with Crippen LogP contribution in [-0.4, -0.2) is 19.3 Å². The first kappa shape index (κ1) is 13.3. The summed E-state index contributed by atoms with van der Waals surface area (Å²) in [7, 11) is 0. The lowest BCUT2D eigenvalue weighted by atomic mass is 10.2. The van der Waals surface area contributed by atoms with Crippen LogP contribution in [0.3, 0.4) is 0 Å². The maximum absolute atomic E-state index is 12.9. The minimum absolute atomic E-state index is 0.231. The molecule has 0 aliphatic carbocycles. The highest BCUT2D eigenvalue weighted by Crippen LogP contribution is 2.22. The average molecular weight is 276 g/mol. The Morgan fingerprint density at radius 1 is 1.15 bits per heavy atom. The number of rotatable bonds is 5. The van der Waals surface area contributed by atoms with E-state index in [2.05, 4.69) is 5.32 Å². The van der Waals surface area contributed by atoms with Crippen molar-refractivity contribution >= 4 is 0 Å². The molecular formula is C16H19FNO2+. The van der Waals surface area contributed by atoms with Gasteiger partial charge in [0.25, 0.3) is 0 Å². The molecule has 106 valence electrons. The van der Waals surface area contributed by atoms with Crippen LogP contribution < -0.4 is 5.32 Å². The minimum Gasteiger partial charge on any atom is -0.455 e. The average Bonchev–Trinajstić information content (AvgIpc) is 3.11. The molecule has 0 spiro atoms.